The van der Waals surface area contributed by atoms with E-state index in [0.717, 1.165) is 54.3 Å². The third-order valence-corrected chi connectivity index (χ3v) is 11.3. The van der Waals surface area contributed by atoms with Gasteiger partial charge in [-0.15, -0.1) is 0 Å². The highest BCUT2D eigenvalue weighted by Crippen LogP contribution is 2.67. The Bertz CT molecular complexity index is 634. The SMILES string of the molecule is CCC(CC[C@@H](C)[C@H]1CCC2[C@@H]3CC=C4C[C@@H](O)CC[C@]4(C)C3CC[C@@]21C)C(C)C. The van der Waals surface area contributed by atoms with Crippen LogP contribution >= 0.6 is 0 Å². The number of hydrogen-bond acceptors (Lipinski definition) is 1. The summed E-state index contributed by atoms with van der Waals surface area (Å²) in [5.74, 6) is 6.31. The normalized spacial score (nSPS) is 45.3. The average Bonchev–Trinajstić information content (AvgIpc) is 3.06. The van der Waals surface area contributed by atoms with Gasteiger partial charge in [-0.1, -0.05) is 66.0 Å². The van der Waals surface area contributed by atoms with E-state index in [2.05, 4.69) is 47.6 Å². The minimum absolute atomic E-state index is 0.0794. The maximum atomic E-state index is 10.2. The molecule has 0 radical (unpaired) electrons. The topological polar surface area (TPSA) is 20.2 Å². The number of aliphatic hydroxyl groups excluding tert-OH is 1. The van der Waals surface area contributed by atoms with Crippen LogP contribution in [0.4, 0.5) is 0 Å². The summed E-state index contributed by atoms with van der Waals surface area (Å²) in [5.41, 5.74) is 2.59. The van der Waals surface area contributed by atoms with Gasteiger partial charge in [0.1, 0.15) is 0 Å². The molecule has 1 N–H and O–H groups in total. The van der Waals surface area contributed by atoms with Crippen LogP contribution in [0.2, 0.25) is 0 Å². The Morgan fingerprint density at radius 3 is 2.47 bits per heavy atom. The molecule has 9 atom stereocenters. The molecule has 0 aromatic rings. The van der Waals surface area contributed by atoms with Gasteiger partial charge in [-0.3, -0.25) is 0 Å². The molecule has 1 heteroatoms. The maximum Gasteiger partial charge on any atom is 0.0577 e. The Hall–Kier alpha value is -0.300. The molecule has 0 spiro atoms. The van der Waals surface area contributed by atoms with Crippen molar-refractivity contribution in [1.82, 2.24) is 0 Å². The predicted octanol–water partition coefficient (Wildman–Crippen LogP) is 8.02. The van der Waals surface area contributed by atoms with Gasteiger partial charge in [0.25, 0.3) is 0 Å². The van der Waals surface area contributed by atoms with Crippen LogP contribution in [0.5, 0.6) is 0 Å². The second kappa shape index (κ2) is 8.57. The Balaban J connectivity index is 1.47. The third-order valence-electron chi connectivity index (χ3n) is 11.3. The van der Waals surface area contributed by atoms with Gasteiger partial charge >= 0.3 is 0 Å². The molecule has 0 amide bonds. The lowest BCUT2D eigenvalue weighted by atomic mass is 9.47. The summed E-state index contributed by atoms with van der Waals surface area (Å²) < 4.78 is 0. The Morgan fingerprint density at radius 1 is 1.00 bits per heavy atom. The molecular formula is C29H50O. The molecule has 0 aromatic carbocycles. The lowest BCUT2D eigenvalue weighted by Crippen LogP contribution is -2.50. The summed E-state index contributed by atoms with van der Waals surface area (Å²) in [6.07, 6.45) is 17.1. The molecule has 3 unspecified atom stereocenters. The summed E-state index contributed by atoms with van der Waals surface area (Å²) in [6, 6.07) is 0. The lowest BCUT2D eigenvalue weighted by molar-refractivity contribution is -0.0575. The summed E-state index contributed by atoms with van der Waals surface area (Å²) >= 11 is 0. The first kappa shape index (κ1) is 22.9. The van der Waals surface area contributed by atoms with E-state index in [4.69, 9.17) is 0 Å². The molecular weight excluding hydrogens is 364 g/mol. The Morgan fingerprint density at radius 2 is 1.77 bits per heavy atom. The molecule has 30 heavy (non-hydrogen) atoms. The molecule has 4 rings (SSSR count). The van der Waals surface area contributed by atoms with Gasteiger partial charge in [0.2, 0.25) is 0 Å². The molecule has 0 aliphatic heterocycles. The van der Waals surface area contributed by atoms with Crippen molar-refractivity contribution in [2.24, 2.45) is 52.3 Å². The van der Waals surface area contributed by atoms with Crippen molar-refractivity contribution in [3.8, 4) is 0 Å². The summed E-state index contributed by atoms with van der Waals surface area (Å²) in [7, 11) is 0. The second-order valence-corrected chi connectivity index (χ2v) is 12.9. The van der Waals surface area contributed by atoms with Crippen molar-refractivity contribution in [2.75, 3.05) is 0 Å². The summed E-state index contributed by atoms with van der Waals surface area (Å²) in [4.78, 5) is 0. The number of aliphatic hydroxyl groups is 1. The van der Waals surface area contributed by atoms with Crippen LogP contribution in [0.15, 0.2) is 11.6 Å². The highest BCUT2D eigenvalue weighted by atomic mass is 16.3. The molecule has 172 valence electrons. The molecule has 4 aliphatic carbocycles. The van der Waals surface area contributed by atoms with E-state index >= 15 is 0 Å². The molecule has 0 aromatic heterocycles. The fraction of sp³-hybridized carbons (Fsp3) is 0.931. The zero-order valence-electron chi connectivity index (χ0n) is 20.9. The van der Waals surface area contributed by atoms with Crippen molar-refractivity contribution in [2.45, 2.75) is 118 Å². The summed E-state index contributed by atoms with van der Waals surface area (Å²) in [5, 5.41) is 10.2. The monoisotopic (exact) mass is 414 g/mol. The second-order valence-electron chi connectivity index (χ2n) is 12.9. The molecule has 0 bridgehead atoms. The van der Waals surface area contributed by atoms with Crippen LogP contribution < -0.4 is 0 Å². The van der Waals surface area contributed by atoms with Crippen LogP contribution in [-0.2, 0) is 0 Å². The smallest absolute Gasteiger partial charge is 0.0577 e. The highest BCUT2D eigenvalue weighted by Gasteiger charge is 2.59. The number of rotatable bonds is 6. The number of fused-ring (bicyclic) bond motifs is 5. The largest absolute Gasteiger partial charge is 0.393 e. The van der Waals surface area contributed by atoms with Gasteiger partial charge in [-0.25, -0.2) is 0 Å². The van der Waals surface area contributed by atoms with Gasteiger partial charge in [-0.05, 0) is 110 Å². The van der Waals surface area contributed by atoms with Gasteiger partial charge in [0.05, 0.1) is 6.10 Å². The minimum atomic E-state index is -0.0794. The fourth-order valence-corrected chi connectivity index (χ4v) is 9.30. The van der Waals surface area contributed by atoms with Crippen LogP contribution in [-0.4, -0.2) is 11.2 Å². The summed E-state index contributed by atoms with van der Waals surface area (Å²) in [6.45, 7) is 15.1. The van der Waals surface area contributed by atoms with E-state index < -0.39 is 0 Å². The number of hydrogen-bond donors (Lipinski definition) is 1. The highest BCUT2D eigenvalue weighted by molar-refractivity contribution is 5.25. The average molecular weight is 415 g/mol. The van der Waals surface area contributed by atoms with E-state index in [-0.39, 0.29) is 6.10 Å². The van der Waals surface area contributed by atoms with E-state index in [1.54, 1.807) is 5.57 Å². The fourth-order valence-electron chi connectivity index (χ4n) is 9.30. The molecule has 0 saturated heterocycles. The standard InChI is InChI=1S/C29H50O/c1-7-21(19(2)3)9-8-20(4)25-12-13-26-24-11-10-22-18-23(30)14-16-28(22,5)27(24)15-17-29(25,26)6/h10,19-21,23-27,30H,7-9,11-18H2,1-6H3/t20-,21?,23+,24+,25-,26?,27?,28+,29-/m1/s1. The molecule has 1 nitrogen and oxygen atoms in total. The van der Waals surface area contributed by atoms with Crippen molar-refractivity contribution in [1.29, 1.82) is 0 Å². The predicted molar refractivity (Wildman–Crippen MR) is 128 cm³/mol. The van der Waals surface area contributed by atoms with Crippen LogP contribution in [0.1, 0.15) is 112 Å². The maximum absolute atomic E-state index is 10.2. The van der Waals surface area contributed by atoms with Gasteiger partial charge in [-0.2, -0.15) is 0 Å². The van der Waals surface area contributed by atoms with Crippen molar-refractivity contribution < 1.29 is 5.11 Å². The third kappa shape index (κ3) is 3.74. The van der Waals surface area contributed by atoms with Gasteiger partial charge < -0.3 is 5.11 Å². The Kier molecular flexibility index (Phi) is 6.53. The van der Waals surface area contributed by atoms with Crippen LogP contribution in [0, 0.1) is 52.3 Å². The van der Waals surface area contributed by atoms with E-state index in [1.807, 2.05) is 0 Å². The minimum Gasteiger partial charge on any atom is -0.393 e. The van der Waals surface area contributed by atoms with Crippen molar-refractivity contribution in [3.63, 3.8) is 0 Å². The first-order chi connectivity index (χ1) is 14.2. The van der Waals surface area contributed by atoms with E-state index in [9.17, 15) is 5.11 Å². The Labute approximate surface area is 187 Å². The van der Waals surface area contributed by atoms with Crippen molar-refractivity contribution >= 4 is 0 Å². The van der Waals surface area contributed by atoms with Crippen LogP contribution in [0.25, 0.3) is 0 Å². The van der Waals surface area contributed by atoms with E-state index in [1.165, 1.54) is 57.8 Å². The number of allylic oxidation sites excluding steroid dienone is 1. The first-order valence-corrected chi connectivity index (χ1v) is 13.6. The quantitative estimate of drug-likeness (QED) is 0.436. The van der Waals surface area contributed by atoms with Gasteiger partial charge in [0, 0.05) is 0 Å². The molecule has 4 aliphatic rings. The molecule has 0 heterocycles. The van der Waals surface area contributed by atoms with Crippen molar-refractivity contribution in [3.05, 3.63) is 11.6 Å². The molecule has 3 saturated carbocycles. The van der Waals surface area contributed by atoms with Crippen LogP contribution in [0.3, 0.4) is 0 Å². The first-order valence-electron chi connectivity index (χ1n) is 13.6. The zero-order valence-corrected chi connectivity index (χ0v) is 20.9. The zero-order chi connectivity index (χ0) is 21.7. The lowest BCUT2D eigenvalue weighted by Gasteiger charge is -2.58. The van der Waals surface area contributed by atoms with E-state index in [0.29, 0.717) is 10.8 Å². The molecule has 3 fully saturated rings. The van der Waals surface area contributed by atoms with Gasteiger partial charge in [0.15, 0.2) is 0 Å².